The number of ether oxygens (including phenoxy) is 2. The number of nitrogens with zero attached hydrogens (tertiary/aromatic N) is 1. The minimum atomic E-state index is -4.40. The summed E-state index contributed by atoms with van der Waals surface area (Å²) in [5, 5.41) is 19.6. The van der Waals surface area contributed by atoms with E-state index in [4.69, 9.17) is 14.6 Å². The minimum Gasteiger partial charge on any atom is -0.495 e. The summed E-state index contributed by atoms with van der Waals surface area (Å²) in [5.74, 6) is 5.03. The number of rotatable bonds is 7. The van der Waals surface area contributed by atoms with Crippen molar-refractivity contribution in [3.8, 4) is 17.6 Å². The molecule has 43 heavy (non-hydrogen) atoms. The largest absolute Gasteiger partial charge is 0.495 e. The highest BCUT2D eigenvalue weighted by molar-refractivity contribution is 5.94. The van der Waals surface area contributed by atoms with Crippen molar-refractivity contribution in [2.75, 3.05) is 50.6 Å². The zero-order valence-corrected chi connectivity index (χ0v) is 24.2. The first-order chi connectivity index (χ1) is 20.7. The van der Waals surface area contributed by atoms with Crippen LogP contribution in [0, 0.1) is 17.3 Å². The van der Waals surface area contributed by atoms with Crippen molar-refractivity contribution in [2.45, 2.75) is 50.9 Å². The highest BCUT2D eigenvalue weighted by Gasteiger charge is 2.43. The lowest BCUT2D eigenvalue weighted by molar-refractivity contribution is -0.140. The van der Waals surface area contributed by atoms with Gasteiger partial charge in [0.05, 0.1) is 49.3 Å². The molecule has 11 heteroatoms. The Morgan fingerprint density at radius 1 is 1.14 bits per heavy atom. The molecule has 4 N–H and O–H groups in total. The number of carbonyl (C=O) groups is 1. The molecule has 0 radical (unpaired) electrons. The quantitative estimate of drug-likeness (QED) is 0.258. The second-order valence-electron chi connectivity index (χ2n) is 11.4. The molecule has 2 aliphatic heterocycles. The molecule has 1 aliphatic carbocycles. The van der Waals surface area contributed by atoms with E-state index in [0.717, 1.165) is 50.0 Å². The normalized spacial score (nSPS) is 17.5. The summed E-state index contributed by atoms with van der Waals surface area (Å²) in [6.07, 6.45) is 1.22. The molecule has 6 rings (SSSR count). The van der Waals surface area contributed by atoms with Gasteiger partial charge in [0.1, 0.15) is 12.3 Å². The Bertz CT molecular complexity index is 1480. The lowest BCUT2D eigenvalue weighted by Crippen LogP contribution is -2.64. The van der Waals surface area contributed by atoms with Crippen LogP contribution in [0.2, 0.25) is 0 Å². The Balaban J connectivity index is 0.000000454. The van der Waals surface area contributed by atoms with Crippen LogP contribution in [0.15, 0.2) is 42.5 Å². The van der Waals surface area contributed by atoms with E-state index in [2.05, 4.69) is 27.8 Å². The van der Waals surface area contributed by atoms with Gasteiger partial charge in [-0.3, -0.25) is 0 Å². The summed E-state index contributed by atoms with van der Waals surface area (Å²) in [5.41, 5.74) is 2.81. The second-order valence-corrected chi connectivity index (χ2v) is 11.4. The van der Waals surface area contributed by atoms with Crippen LogP contribution in [-0.2, 0) is 11.3 Å². The Hall–Kier alpha value is -3.88. The zero-order valence-electron chi connectivity index (χ0n) is 24.2. The maximum absolute atomic E-state index is 13.4. The van der Waals surface area contributed by atoms with Crippen molar-refractivity contribution in [2.24, 2.45) is 5.41 Å². The summed E-state index contributed by atoms with van der Waals surface area (Å²) in [4.78, 5) is 11.2. The summed E-state index contributed by atoms with van der Waals surface area (Å²) in [6, 6.07) is 11.8. The maximum atomic E-state index is 13.4. The topological polar surface area (TPSA) is 96.8 Å². The molecule has 2 aromatic carbocycles. The van der Waals surface area contributed by atoms with Gasteiger partial charge in [-0.05, 0) is 55.2 Å². The standard InChI is InChI=1S/C27H28F3N3O3.C5H9NO/c1-36-25-15-18(26(34)35)12-13-23(25)31-14-6-9-20-16-21-22(32-19-7-3-2-4-8-19)10-5-11-24(21)33(20)17-27(28,29)30;1-5(2-6-1)3-7-4-5/h5,10-13,15-16,19,31-32H,2-4,7-8,14,17H2,1H3,(H,34,35);6H,1-4H2. The van der Waals surface area contributed by atoms with Crippen LogP contribution in [0.4, 0.5) is 24.5 Å². The van der Waals surface area contributed by atoms with Crippen molar-refractivity contribution in [1.82, 2.24) is 9.88 Å². The molecule has 0 bridgehead atoms. The average molecular weight is 599 g/mol. The van der Waals surface area contributed by atoms with Crippen molar-refractivity contribution in [3.63, 3.8) is 0 Å². The molecule has 1 spiro atoms. The van der Waals surface area contributed by atoms with Gasteiger partial charge in [0.2, 0.25) is 0 Å². The molecule has 3 heterocycles. The number of carboxylic acid groups (broad SMARTS) is 1. The number of carboxylic acids is 1. The molecule has 3 aromatic rings. The van der Waals surface area contributed by atoms with Crippen LogP contribution >= 0.6 is 0 Å². The van der Waals surface area contributed by atoms with Crippen LogP contribution in [0.3, 0.4) is 0 Å². The van der Waals surface area contributed by atoms with Gasteiger partial charge in [-0.25, -0.2) is 4.79 Å². The van der Waals surface area contributed by atoms with Crippen LogP contribution < -0.4 is 20.7 Å². The van der Waals surface area contributed by atoms with E-state index >= 15 is 0 Å². The van der Waals surface area contributed by atoms with Gasteiger partial charge in [-0.2, -0.15) is 13.2 Å². The molecule has 3 aliphatic rings. The third kappa shape index (κ3) is 7.56. The van der Waals surface area contributed by atoms with E-state index in [1.54, 1.807) is 24.3 Å². The number of hydrogen-bond donors (Lipinski definition) is 4. The van der Waals surface area contributed by atoms with E-state index in [1.165, 1.54) is 43.3 Å². The Morgan fingerprint density at radius 2 is 1.91 bits per heavy atom. The van der Waals surface area contributed by atoms with E-state index < -0.39 is 18.7 Å². The number of nitrogens with one attached hydrogen (secondary N) is 3. The molecule has 0 amide bonds. The number of alkyl halides is 3. The first-order valence-electron chi connectivity index (χ1n) is 14.5. The third-order valence-corrected chi connectivity index (χ3v) is 8.10. The first-order valence-corrected chi connectivity index (χ1v) is 14.5. The van der Waals surface area contributed by atoms with Crippen molar-refractivity contribution >= 4 is 28.2 Å². The number of methoxy groups -OCH3 is 1. The van der Waals surface area contributed by atoms with E-state index in [9.17, 15) is 18.0 Å². The Kier molecular flexibility index (Phi) is 9.37. The number of hydrogen-bond acceptors (Lipinski definition) is 6. The first kappa shape index (κ1) is 30.6. The summed E-state index contributed by atoms with van der Waals surface area (Å²) >= 11 is 0. The van der Waals surface area contributed by atoms with E-state index in [0.29, 0.717) is 28.4 Å². The molecule has 0 atom stereocenters. The number of aromatic carboxylic acids is 1. The number of benzene rings is 2. The van der Waals surface area contributed by atoms with Crippen molar-refractivity contribution in [3.05, 3.63) is 53.7 Å². The van der Waals surface area contributed by atoms with Gasteiger partial charge in [0, 0.05) is 35.6 Å². The van der Waals surface area contributed by atoms with Gasteiger partial charge in [0.25, 0.3) is 0 Å². The molecule has 2 saturated heterocycles. The Labute approximate surface area is 248 Å². The van der Waals surface area contributed by atoms with Gasteiger partial charge < -0.3 is 35.1 Å². The molecule has 3 fully saturated rings. The number of halogens is 3. The lowest BCUT2D eigenvalue weighted by atomic mass is 9.80. The molecule has 1 saturated carbocycles. The molecule has 230 valence electrons. The SMILES string of the molecule is C1NCC12COC2.COc1cc(C(=O)O)ccc1NCC#Cc1cc2c(NC3CCCCC3)cccc2n1CC(F)(F)F. The molecule has 1 aromatic heterocycles. The fourth-order valence-corrected chi connectivity index (χ4v) is 5.65. The van der Waals surface area contributed by atoms with Crippen molar-refractivity contribution in [1.29, 1.82) is 0 Å². The summed E-state index contributed by atoms with van der Waals surface area (Å²) < 4.78 is 51.8. The number of fused-ring (bicyclic) bond motifs is 1. The van der Waals surface area contributed by atoms with Crippen LogP contribution in [0.25, 0.3) is 10.9 Å². The van der Waals surface area contributed by atoms with Gasteiger partial charge in [0.15, 0.2) is 0 Å². The van der Waals surface area contributed by atoms with Crippen molar-refractivity contribution < 1.29 is 32.5 Å². The van der Waals surface area contributed by atoms with Crippen LogP contribution in [0.1, 0.15) is 48.2 Å². The molecular weight excluding hydrogens is 561 g/mol. The zero-order chi connectivity index (χ0) is 30.5. The van der Waals surface area contributed by atoms with Crippen LogP contribution in [-0.4, -0.2) is 67.8 Å². The smallest absolute Gasteiger partial charge is 0.406 e. The molecule has 0 unspecified atom stereocenters. The predicted octanol–water partition coefficient (Wildman–Crippen LogP) is 5.72. The third-order valence-electron chi connectivity index (χ3n) is 8.10. The van der Waals surface area contributed by atoms with Gasteiger partial charge >= 0.3 is 12.1 Å². The van der Waals surface area contributed by atoms with E-state index in [-0.39, 0.29) is 17.8 Å². The number of anilines is 2. The fraction of sp³-hybridized carbons (Fsp3) is 0.469. The average Bonchev–Trinajstić information content (AvgIpc) is 3.27. The molecule has 8 nitrogen and oxygen atoms in total. The Morgan fingerprint density at radius 3 is 2.49 bits per heavy atom. The highest BCUT2D eigenvalue weighted by Crippen LogP contribution is 2.33. The van der Waals surface area contributed by atoms with E-state index in [1.807, 2.05) is 6.07 Å². The minimum absolute atomic E-state index is 0.0813. The number of aromatic nitrogens is 1. The lowest BCUT2D eigenvalue weighted by Gasteiger charge is -2.48. The summed E-state index contributed by atoms with van der Waals surface area (Å²) in [6.45, 7) is 3.37. The van der Waals surface area contributed by atoms with Gasteiger partial charge in [-0.1, -0.05) is 31.2 Å². The van der Waals surface area contributed by atoms with Crippen LogP contribution in [0.5, 0.6) is 5.75 Å². The van der Waals surface area contributed by atoms with Gasteiger partial charge in [-0.15, -0.1) is 0 Å². The summed E-state index contributed by atoms with van der Waals surface area (Å²) in [7, 11) is 1.42. The fourth-order valence-electron chi connectivity index (χ4n) is 5.65. The maximum Gasteiger partial charge on any atom is 0.406 e. The predicted molar refractivity (Wildman–Crippen MR) is 160 cm³/mol. The highest BCUT2D eigenvalue weighted by atomic mass is 19.4. The second kappa shape index (κ2) is 13.2. The monoisotopic (exact) mass is 598 g/mol. The molecular formula is C32H37F3N4O4.